The molecule has 0 fully saturated rings. The lowest BCUT2D eigenvalue weighted by Gasteiger charge is -2.15. The summed E-state index contributed by atoms with van der Waals surface area (Å²) in [4.78, 5) is 16.6. The molecular weight excluding hydrogens is 396 g/mol. The van der Waals surface area contributed by atoms with E-state index in [1.165, 1.54) is 0 Å². The molecule has 0 unspecified atom stereocenters. The molecule has 3 aromatic heterocycles. The Kier molecular flexibility index (Phi) is 5.44. The lowest BCUT2D eigenvalue weighted by molar-refractivity contribution is -0.115. The maximum atomic E-state index is 11.9. The van der Waals surface area contributed by atoms with Crippen LogP contribution in [0.25, 0.3) is 16.8 Å². The average molecular weight is 420 g/mol. The quantitative estimate of drug-likeness (QED) is 0.421. The van der Waals surface area contributed by atoms with Crippen molar-refractivity contribution in [2.24, 2.45) is 7.05 Å². The number of hydrogen-bond donors (Lipinski definition) is 3. The Morgan fingerprint density at radius 2 is 2.03 bits per heavy atom. The summed E-state index contributed by atoms with van der Waals surface area (Å²) in [5, 5.41) is 17.9. The van der Waals surface area contributed by atoms with E-state index in [0.717, 1.165) is 16.8 Å². The van der Waals surface area contributed by atoms with Crippen molar-refractivity contribution in [2.75, 3.05) is 30.1 Å². The van der Waals surface area contributed by atoms with Crippen molar-refractivity contribution >= 4 is 34.6 Å². The predicted octanol–water partition coefficient (Wildman–Crippen LogP) is 3.27. The van der Waals surface area contributed by atoms with Crippen LogP contribution in [0.4, 0.5) is 23.0 Å². The SMILES string of the molecule is CCC(=O)Nc1cnn2c(NC)cc(Nc3cccc(-c4cnn(C)c4)c3OC)nc12. The number of methoxy groups -OCH3 is 1. The van der Waals surface area contributed by atoms with Gasteiger partial charge in [0.05, 0.1) is 25.2 Å². The first-order valence-corrected chi connectivity index (χ1v) is 9.83. The van der Waals surface area contributed by atoms with Crippen molar-refractivity contribution in [1.29, 1.82) is 0 Å². The fourth-order valence-electron chi connectivity index (χ4n) is 3.31. The highest BCUT2D eigenvalue weighted by Gasteiger charge is 2.16. The Labute approximate surface area is 179 Å². The number of nitrogens with zero attached hydrogens (tertiary/aromatic N) is 5. The Bertz CT molecular complexity index is 1240. The molecule has 10 nitrogen and oxygen atoms in total. The highest BCUT2D eigenvalue weighted by atomic mass is 16.5. The number of aromatic nitrogens is 5. The van der Waals surface area contributed by atoms with Gasteiger partial charge in [-0.15, -0.1) is 0 Å². The molecule has 0 saturated heterocycles. The molecule has 4 aromatic rings. The zero-order chi connectivity index (χ0) is 22.0. The lowest BCUT2D eigenvalue weighted by atomic mass is 10.1. The second-order valence-electron chi connectivity index (χ2n) is 6.89. The third-order valence-corrected chi connectivity index (χ3v) is 4.82. The number of carbonyl (C=O) groups is 1. The minimum Gasteiger partial charge on any atom is -0.494 e. The number of hydrogen-bond acceptors (Lipinski definition) is 7. The standard InChI is InChI=1S/C21H24N8O2/c1-5-19(30)26-16-11-24-29-18(22-2)9-17(27-21(16)29)25-15-8-6-7-14(20(15)31-4)13-10-23-28(3)12-13/h6-12,22H,5H2,1-4H3,(H,25,27)(H,26,30). The summed E-state index contributed by atoms with van der Waals surface area (Å²) >= 11 is 0. The third-order valence-electron chi connectivity index (χ3n) is 4.82. The van der Waals surface area contributed by atoms with Gasteiger partial charge in [-0.3, -0.25) is 9.48 Å². The van der Waals surface area contributed by atoms with Crippen molar-refractivity contribution in [1.82, 2.24) is 24.4 Å². The summed E-state index contributed by atoms with van der Waals surface area (Å²) < 4.78 is 9.10. The molecule has 3 N–H and O–H groups in total. The number of para-hydroxylation sites is 1. The van der Waals surface area contributed by atoms with Crippen LogP contribution in [0.5, 0.6) is 5.75 Å². The average Bonchev–Trinajstić information content (AvgIpc) is 3.39. The fourth-order valence-corrected chi connectivity index (χ4v) is 3.31. The van der Waals surface area contributed by atoms with Gasteiger partial charge in [0.1, 0.15) is 23.1 Å². The molecule has 1 amide bonds. The predicted molar refractivity (Wildman–Crippen MR) is 120 cm³/mol. The topological polar surface area (TPSA) is 110 Å². The van der Waals surface area contributed by atoms with Crippen LogP contribution in [-0.2, 0) is 11.8 Å². The smallest absolute Gasteiger partial charge is 0.224 e. The monoisotopic (exact) mass is 420 g/mol. The highest BCUT2D eigenvalue weighted by molar-refractivity contribution is 5.94. The molecule has 0 atom stereocenters. The van der Waals surface area contributed by atoms with Crippen LogP contribution in [-0.4, -0.2) is 44.4 Å². The fraction of sp³-hybridized carbons (Fsp3) is 0.238. The van der Waals surface area contributed by atoms with Crippen molar-refractivity contribution in [3.05, 3.63) is 42.9 Å². The van der Waals surface area contributed by atoms with E-state index in [-0.39, 0.29) is 5.91 Å². The number of fused-ring (bicyclic) bond motifs is 1. The summed E-state index contributed by atoms with van der Waals surface area (Å²) in [5.74, 6) is 1.86. The minimum absolute atomic E-state index is 0.105. The van der Waals surface area contributed by atoms with Crippen LogP contribution in [0.15, 0.2) is 42.9 Å². The zero-order valence-corrected chi connectivity index (χ0v) is 17.8. The molecule has 3 heterocycles. The molecule has 0 saturated carbocycles. The van der Waals surface area contributed by atoms with Crippen LogP contribution in [0.2, 0.25) is 0 Å². The Balaban J connectivity index is 1.76. The van der Waals surface area contributed by atoms with Crippen LogP contribution in [0.1, 0.15) is 13.3 Å². The van der Waals surface area contributed by atoms with E-state index in [4.69, 9.17) is 4.74 Å². The van der Waals surface area contributed by atoms with Crippen LogP contribution < -0.4 is 20.7 Å². The molecule has 0 spiro atoms. The Morgan fingerprint density at radius 1 is 1.19 bits per heavy atom. The molecule has 0 aliphatic carbocycles. The van der Waals surface area contributed by atoms with Crippen molar-refractivity contribution in [3.63, 3.8) is 0 Å². The van der Waals surface area contributed by atoms with Gasteiger partial charge in [0.15, 0.2) is 5.65 Å². The van der Waals surface area contributed by atoms with Gasteiger partial charge in [0, 0.05) is 43.9 Å². The van der Waals surface area contributed by atoms with Gasteiger partial charge in [0.2, 0.25) is 5.91 Å². The van der Waals surface area contributed by atoms with E-state index in [1.807, 2.05) is 37.5 Å². The van der Waals surface area contributed by atoms with Crippen LogP contribution in [0.3, 0.4) is 0 Å². The number of carbonyl (C=O) groups excluding carboxylic acids is 1. The molecule has 0 aliphatic rings. The normalized spacial score (nSPS) is 10.8. The van der Waals surface area contributed by atoms with Gasteiger partial charge in [-0.05, 0) is 6.07 Å². The second kappa shape index (κ2) is 8.34. The van der Waals surface area contributed by atoms with Gasteiger partial charge in [0.25, 0.3) is 0 Å². The van der Waals surface area contributed by atoms with Gasteiger partial charge in [-0.2, -0.15) is 14.7 Å². The lowest BCUT2D eigenvalue weighted by Crippen LogP contribution is -2.10. The minimum atomic E-state index is -0.105. The first-order valence-electron chi connectivity index (χ1n) is 9.83. The molecule has 0 aliphatic heterocycles. The molecule has 0 radical (unpaired) electrons. The number of aryl methyl sites for hydroxylation is 1. The number of anilines is 4. The Morgan fingerprint density at radius 3 is 2.71 bits per heavy atom. The number of rotatable bonds is 7. The number of amides is 1. The van der Waals surface area contributed by atoms with Gasteiger partial charge >= 0.3 is 0 Å². The van der Waals surface area contributed by atoms with E-state index in [1.54, 1.807) is 42.7 Å². The summed E-state index contributed by atoms with van der Waals surface area (Å²) in [7, 11) is 5.30. The first-order chi connectivity index (χ1) is 15.0. The number of benzene rings is 1. The van der Waals surface area contributed by atoms with E-state index >= 15 is 0 Å². The van der Waals surface area contributed by atoms with Crippen molar-refractivity contribution in [2.45, 2.75) is 13.3 Å². The summed E-state index contributed by atoms with van der Waals surface area (Å²) in [6.45, 7) is 1.79. The van der Waals surface area contributed by atoms with Gasteiger partial charge in [-0.1, -0.05) is 19.1 Å². The third kappa shape index (κ3) is 3.87. The van der Waals surface area contributed by atoms with E-state index in [0.29, 0.717) is 35.1 Å². The van der Waals surface area contributed by atoms with Crippen LogP contribution in [0, 0.1) is 0 Å². The summed E-state index contributed by atoms with van der Waals surface area (Å²) in [6.07, 6.45) is 5.68. The van der Waals surface area contributed by atoms with Crippen molar-refractivity contribution < 1.29 is 9.53 Å². The van der Waals surface area contributed by atoms with E-state index in [2.05, 4.69) is 31.1 Å². The van der Waals surface area contributed by atoms with Crippen LogP contribution >= 0.6 is 0 Å². The summed E-state index contributed by atoms with van der Waals surface area (Å²) in [6, 6.07) is 7.67. The molecule has 4 rings (SSSR count). The first kappa shape index (κ1) is 20.2. The molecule has 1 aromatic carbocycles. The van der Waals surface area contributed by atoms with E-state index in [9.17, 15) is 4.79 Å². The molecule has 31 heavy (non-hydrogen) atoms. The maximum absolute atomic E-state index is 11.9. The highest BCUT2D eigenvalue weighted by Crippen LogP contribution is 2.37. The largest absolute Gasteiger partial charge is 0.494 e. The maximum Gasteiger partial charge on any atom is 0.224 e. The van der Waals surface area contributed by atoms with Gasteiger partial charge < -0.3 is 20.7 Å². The molecule has 10 heteroatoms. The number of nitrogens with one attached hydrogen (secondary N) is 3. The summed E-state index contributed by atoms with van der Waals surface area (Å²) in [5.41, 5.74) is 3.68. The van der Waals surface area contributed by atoms with E-state index < -0.39 is 0 Å². The second-order valence-corrected chi connectivity index (χ2v) is 6.89. The zero-order valence-electron chi connectivity index (χ0n) is 17.8. The van der Waals surface area contributed by atoms with Crippen molar-refractivity contribution in [3.8, 4) is 16.9 Å². The molecule has 160 valence electrons. The Hall–Kier alpha value is -4.08. The number of ether oxygens (including phenoxy) is 1. The van der Waals surface area contributed by atoms with Gasteiger partial charge in [-0.25, -0.2) is 4.98 Å². The molecular formula is C21H24N8O2. The molecule has 0 bridgehead atoms.